The number of ketones is 1. The lowest BCUT2D eigenvalue weighted by Crippen LogP contribution is -2.45. The van der Waals surface area contributed by atoms with E-state index in [2.05, 4.69) is 10.6 Å². The van der Waals surface area contributed by atoms with Crippen LogP contribution in [-0.2, 0) is 9.53 Å². The molecule has 0 fully saturated rings. The third-order valence-electron chi connectivity index (χ3n) is 5.37. The average Bonchev–Trinajstić information content (AvgIpc) is 3.25. The number of hydrogen-bond donors (Lipinski definition) is 2. The summed E-state index contributed by atoms with van der Waals surface area (Å²) < 4.78 is 5.29. The molecule has 0 bridgehead atoms. The van der Waals surface area contributed by atoms with E-state index in [0.717, 1.165) is 4.90 Å². The highest BCUT2D eigenvalue weighted by Gasteiger charge is 2.41. The van der Waals surface area contributed by atoms with Crippen LogP contribution < -0.4 is 15.5 Å². The van der Waals surface area contributed by atoms with Crippen molar-refractivity contribution in [2.75, 3.05) is 30.4 Å². The van der Waals surface area contributed by atoms with Crippen molar-refractivity contribution in [1.82, 2.24) is 10.2 Å². The summed E-state index contributed by atoms with van der Waals surface area (Å²) in [6.07, 6.45) is -0.512. The summed E-state index contributed by atoms with van der Waals surface area (Å²) >= 11 is 0. The molecule has 0 radical (unpaired) electrons. The maximum atomic E-state index is 13.4. The van der Waals surface area contributed by atoms with Crippen LogP contribution in [0.5, 0.6) is 0 Å². The molecule has 0 saturated carbocycles. The molecule has 4 amide bonds. The Labute approximate surface area is 197 Å². The molecule has 0 atom stereocenters. The van der Waals surface area contributed by atoms with Gasteiger partial charge >= 0.3 is 12.1 Å². The Morgan fingerprint density at radius 1 is 1.03 bits per heavy atom. The number of rotatable bonds is 3. The fraction of sp³-hybridized carbons (Fsp3) is 0.280. The Balaban J connectivity index is 1.52. The van der Waals surface area contributed by atoms with Gasteiger partial charge in [0.25, 0.3) is 5.91 Å². The first-order chi connectivity index (χ1) is 16.1. The number of likely N-dealkylation sites (N-methyl/N-ethyl adjacent to an activating group) is 1. The molecular formula is C25H26N4O5. The molecule has 2 N–H and O–H groups in total. The second kappa shape index (κ2) is 8.66. The van der Waals surface area contributed by atoms with Crippen LogP contribution in [-0.4, -0.2) is 54.5 Å². The molecular weight excluding hydrogens is 436 g/mol. The Bertz CT molecular complexity index is 1230. The largest absolute Gasteiger partial charge is 0.444 e. The lowest BCUT2D eigenvalue weighted by molar-refractivity contribution is -0.112. The van der Waals surface area contributed by atoms with Gasteiger partial charge in [-0.1, -0.05) is 30.3 Å². The van der Waals surface area contributed by atoms with Crippen molar-refractivity contribution in [2.24, 2.45) is 0 Å². The minimum atomic E-state index is -0.645. The van der Waals surface area contributed by atoms with Gasteiger partial charge in [0.1, 0.15) is 11.3 Å². The Morgan fingerprint density at radius 3 is 2.35 bits per heavy atom. The van der Waals surface area contributed by atoms with Gasteiger partial charge in [-0.15, -0.1) is 0 Å². The highest BCUT2D eigenvalue weighted by atomic mass is 16.6. The minimum Gasteiger partial charge on any atom is -0.444 e. The van der Waals surface area contributed by atoms with Crippen molar-refractivity contribution in [1.29, 1.82) is 0 Å². The van der Waals surface area contributed by atoms with Crippen LogP contribution in [0.2, 0.25) is 0 Å². The third-order valence-corrected chi connectivity index (χ3v) is 5.37. The van der Waals surface area contributed by atoms with Crippen LogP contribution >= 0.6 is 0 Å². The van der Waals surface area contributed by atoms with Crippen LogP contribution in [0.25, 0.3) is 5.57 Å². The molecule has 9 heteroatoms. The monoisotopic (exact) mass is 462 g/mol. The van der Waals surface area contributed by atoms with Gasteiger partial charge in [0.15, 0.2) is 0 Å². The number of amides is 4. The quantitative estimate of drug-likeness (QED) is 0.675. The van der Waals surface area contributed by atoms with Crippen molar-refractivity contribution in [3.8, 4) is 0 Å². The second-order valence-corrected chi connectivity index (χ2v) is 9.04. The number of benzene rings is 2. The van der Waals surface area contributed by atoms with Gasteiger partial charge in [-0.05, 0) is 39.0 Å². The number of anilines is 2. The molecule has 0 aromatic heterocycles. The van der Waals surface area contributed by atoms with E-state index in [1.54, 1.807) is 76.3 Å². The number of carbonyl (C=O) groups excluding carboxylic acids is 4. The van der Waals surface area contributed by atoms with Gasteiger partial charge in [0.05, 0.1) is 11.3 Å². The molecule has 34 heavy (non-hydrogen) atoms. The molecule has 9 nitrogen and oxygen atoms in total. The summed E-state index contributed by atoms with van der Waals surface area (Å²) in [5.41, 5.74) is 1.65. The summed E-state index contributed by atoms with van der Waals surface area (Å²) in [4.78, 5) is 53.8. The van der Waals surface area contributed by atoms with Gasteiger partial charge in [0, 0.05) is 37.0 Å². The van der Waals surface area contributed by atoms with E-state index >= 15 is 0 Å². The molecule has 2 aromatic rings. The highest BCUT2D eigenvalue weighted by Crippen LogP contribution is 2.41. The van der Waals surface area contributed by atoms with Crippen LogP contribution in [0.3, 0.4) is 0 Å². The number of hydrogen-bond acceptors (Lipinski definition) is 6. The van der Waals surface area contributed by atoms with E-state index in [1.807, 2.05) is 0 Å². The van der Waals surface area contributed by atoms with Crippen molar-refractivity contribution < 1.29 is 23.9 Å². The number of para-hydroxylation sites is 2. The van der Waals surface area contributed by atoms with Gasteiger partial charge < -0.3 is 20.3 Å². The summed E-state index contributed by atoms with van der Waals surface area (Å²) in [5.74, 6) is -0.891. The normalized spacial score (nSPS) is 16.6. The van der Waals surface area contributed by atoms with E-state index in [1.165, 1.54) is 4.90 Å². The van der Waals surface area contributed by atoms with Crippen molar-refractivity contribution in [3.05, 3.63) is 65.4 Å². The number of allylic oxidation sites excluding steroid dienone is 1. The van der Waals surface area contributed by atoms with Gasteiger partial charge in [-0.3, -0.25) is 9.59 Å². The second-order valence-electron chi connectivity index (χ2n) is 9.04. The highest BCUT2D eigenvalue weighted by molar-refractivity contribution is 6.44. The molecule has 4 rings (SSSR count). The first-order valence-corrected chi connectivity index (χ1v) is 10.9. The van der Waals surface area contributed by atoms with E-state index in [0.29, 0.717) is 22.5 Å². The summed E-state index contributed by atoms with van der Waals surface area (Å²) in [6.45, 7) is 5.60. The van der Waals surface area contributed by atoms with Crippen LogP contribution in [0.15, 0.2) is 54.2 Å². The number of nitrogens with one attached hydrogen (secondary N) is 2. The number of ether oxygens (including phenoxy) is 1. The maximum absolute atomic E-state index is 13.4. The smallest absolute Gasteiger partial charge is 0.410 e. The standard InChI is InChI=1S/C25H26N4O5/c1-25(2,3)34-24(33)28(4)14-13-26-23(32)29-18-12-8-6-10-16(18)19(22(29)31)20-21(30)15-9-5-7-11-17(15)27-20/h5-12,27H,13-14H2,1-4H3,(H,26,32)/b20-19-. The van der Waals surface area contributed by atoms with E-state index in [9.17, 15) is 19.2 Å². The van der Waals surface area contributed by atoms with Gasteiger partial charge in [0.2, 0.25) is 5.78 Å². The number of urea groups is 1. The lowest BCUT2D eigenvalue weighted by atomic mass is 10.0. The molecule has 0 saturated heterocycles. The minimum absolute atomic E-state index is 0.106. The van der Waals surface area contributed by atoms with Gasteiger partial charge in [-0.2, -0.15) is 0 Å². The third kappa shape index (κ3) is 4.24. The number of fused-ring (bicyclic) bond motifs is 2. The van der Waals surface area contributed by atoms with Crippen molar-refractivity contribution in [3.63, 3.8) is 0 Å². The number of nitrogens with zero attached hydrogens (tertiary/aromatic N) is 2. The van der Waals surface area contributed by atoms with E-state index < -0.39 is 23.6 Å². The number of imide groups is 1. The van der Waals surface area contributed by atoms with Crippen molar-refractivity contribution >= 4 is 40.8 Å². The molecule has 2 aliphatic rings. The number of carbonyl (C=O) groups is 4. The zero-order valence-electron chi connectivity index (χ0n) is 19.5. The maximum Gasteiger partial charge on any atom is 0.410 e. The fourth-order valence-electron chi connectivity index (χ4n) is 3.79. The Kier molecular flexibility index (Phi) is 5.87. The summed E-state index contributed by atoms with van der Waals surface area (Å²) in [6, 6.07) is 13.2. The SMILES string of the molecule is CN(CCNC(=O)N1C(=O)/C(=C2\Nc3ccccc3C2=O)c2ccccc21)C(=O)OC(C)(C)C. The molecule has 2 aromatic carbocycles. The van der Waals surface area contributed by atoms with Crippen LogP contribution in [0.4, 0.5) is 21.0 Å². The zero-order valence-corrected chi connectivity index (χ0v) is 19.5. The topological polar surface area (TPSA) is 108 Å². The van der Waals surface area contributed by atoms with Crippen LogP contribution in [0.1, 0.15) is 36.7 Å². The summed E-state index contributed by atoms with van der Waals surface area (Å²) in [7, 11) is 1.56. The van der Waals surface area contributed by atoms with E-state index in [-0.39, 0.29) is 30.1 Å². The van der Waals surface area contributed by atoms with Gasteiger partial charge in [-0.25, -0.2) is 14.5 Å². The lowest BCUT2D eigenvalue weighted by Gasteiger charge is -2.25. The molecule has 176 valence electrons. The molecule has 0 aliphatic carbocycles. The molecule has 2 aliphatic heterocycles. The Morgan fingerprint density at radius 2 is 1.68 bits per heavy atom. The number of Topliss-reactive ketones (excluding diaryl/α,β-unsaturated/α-hetero) is 1. The first kappa shape index (κ1) is 23.0. The predicted molar refractivity (Wildman–Crippen MR) is 128 cm³/mol. The average molecular weight is 463 g/mol. The zero-order chi connectivity index (χ0) is 24.6. The summed E-state index contributed by atoms with van der Waals surface area (Å²) in [5, 5.41) is 5.71. The Hall–Kier alpha value is -4.14. The fourth-order valence-corrected chi connectivity index (χ4v) is 3.79. The van der Waals surface area contributed by atoms with E-state index in [4.69, 9.17) is 4.74 Å². The predicted octanol–water partition coefficient (Wildman–Crippen LogP) is 3.63. The molecule has 0 unspecified atom stereocenters. The first-order valence-electron chi connectivity index (χ1n) is 10.9. The molecule has 0 spiro atoms. The van der Waals surface area contributed by atoms with Crippen molar-refractivity contribution in [2.45, 2.75) is 26.4 Å². The van der Waals surface area contributed by atoms with Crippen LogP contribution in [0, 0.1) is 0 Å². The molecule has 2 heterocycles.